The number of halogens is 3. The van der Waals surface area contributed by atoms with E-state index in [1.807, 2.05) is 19.1 Å². The number of hydrogen-bond donors (Lipinski definition) is 0. The minimum absolute atomic E-state index is 0.201. The molecule has 0 unspecified atom stereocenters. The maximum Gasteiger partial charge on any atom is 0.416 e. The van der Waals surface area contributed by atoms with E-state index in [9.17, 15) is 18.0 Å². The minimum Gasteiger partial charge on any atom is -0.489 e. The summed E-state index contributed by atoms with van der Waals surface area (Å²) in [5.74, 6) is 1.10. The maximum atomic E-state index is 12.6. The average molecular weight is 469 g/mol. The van der Waals surface area contributed by atoms with E-state index in [2.05, 4.69) is 6.58 Å². The van der Waals surface area contributed by atoms with E-state index < -0.39 is 23.3 Å². The summed E-state index contributed by atoms with van der Waals surface area (Å²) in [7, 11) is 0. The van der Waals surface area contributed by atoms with E-state index in [0.29, 0.717) is 17.3 Å². The van der Waals surface area contributed by atoms with Crippen molar-refractivity contribution in [2.75, 3.05) is 19.0 Å². The fourth-order valence-corrected chi connectivity index (χ4v) is 3.48. The lowest BCUT2D eigenvalue weighted by molar-refractivity contribution is -0.158. The van der Waals surface area contributed by atoms with Crippen LogP contribution in [0.5, 0.6) is 11.5 Å². The number of benzene rings is 2. The third kappa shape index (κ3) is 7.51. The standard InChI is InChI=1S/C24H27F3O4S/c1-6-29-22(28)23(4,5)31-21-12-11-20(13-17(21)3)32-15-16(2)14-30-19-9-7-18(8-10-19)24(25,26)27/h7-13H,2,6,14-15H2,1,3-5H3. The maximum absolute atomic E-state index is 12.6. The largest absolute Gasteiger partial charge is 0.489 e. The van der Waals surface area contributed by atoms with Crippen LogP contribution in [0.4, 0.5) is 13.2 Å². The zero-order chi connectivity index (χ0) is 23.9. The van der Waals surface area contributed by atoms with Gasteiger partial charge in [0.05, 0.1) is 12.2 Å². The second kappa shape index (κ2) is 10.8. The molecule has 4 nitrogen and oxygen atoms in total. The van der Waals surface area contributed by atoms with Gasteiger partial charge in [-0.05, 0) is 81.3 Å². The van der Waals surface area contributed by atoms with E-state index in [4.69, 9.17) is 14.2 Å². The summed E-state index contributed by atoms with van der Waals surface area (Å²) >= 11 is 1.55. The van der Waals surface area contributed by atoms with Crippen LogP contribution >= 0.6 is 11.8 Å². The lowest BCUT2D eigenvalue weighted by Gasteiger charge is -2.25. The summed E-state index contributed by atoms with van der Waals surface area (Å²) in [6, 6.07) is 10.2. The van der Waals surface area contributed by atoms with Crippen molar-refractivity contribution in [2.45, 2.75) is 44.4 Å². The van der Waals surface area contributed by atoms with Crippen LogP contribution < -0.4 is 9.47 Å². The highest BCUT2D eigenvalue weighted by atomic mass is 32.2. The fraction of sp³-hybridized carbons (Fsp3) is 0.375. The predicted octanol–water partition coefficient (Wildman–Crippen LogP) is 6.46. The van der Waals surface area contributed by atoms with Crippen molar-refractivity contribution in [3.8, 4) is 11.5 Å². The highest BCUT2D eigenvalue weighted by Gasteiger charge is 2.32. The van der Waals surface area contributed by atoms with Gasteiger partial charge in [0.2, 0.25) is 0 Å². The quantitative estimate of drug-likeness (QED) is 0.227. The van der Waals surface area contributed by atoms with Gasteiger partial charge in [0, 0.05) is 10.6 Å². The Hall–Kier alpha value is -2.61. The number of ether oxygens (including phenoxy) is 3. The molecule has 0 aromatic heterocycles. The third-order valence-electron chi connectivity index (χ3n) is 4.35. The van der Waals surface area contributed by atoms with Crippen molar-refractivity contribution in [1.29, 1.82) is 0 Å². The molecule has 0 N–H and O–H groups in total. The number of hydrogen-bond acceptors (Lipinski definition) is 5. The number of aryl methyl sites for hydroxylation is 1. The molecule has 0 fully saturated rings. The van der Waals surface area contributed by atoms with Gasteiger partial charge in [-0.2, -0.15) is 13.2 Å². The molecule has 0 aliphatic rings. The lowest BCUT2D eigenvalue weighted by atomic mass is 10.1. The molecule has 0 bridgehead atoms. The zero-order valence-corrected chi connectivity index (χ0v) is 19.4. The van der Waals surface area contributed by atoms with Gasteiger partial charge in [0.1, 0.15) is 18.1 Å². The number of thioether (sulfide) groups is 1. The number of esters is 1. The van der Waals surface area contributed by atoms with Gasteiger partial charge < -0.3 is 14.2 Å². The van der Waals surface area contributed by atoms with Crippen LogP contribution in [-0.4, -0.2) is 30.5 Å². The second-order valence-electron chi connectivity index (χ2n) is 7.61. The highest BCUT2D eigenvalue weighted by molar-refractivity contribution is 7.99. The summed E-state index contributed by atoms with van der Waals surface area (Å²) in [5.41, 5.74) is -0.151. The highest BCUT2D eigenvalue weighted by Crippen LogP contribution is 2.31. The van der Waals surface area contributed by atoms with Crippen LogP contribution in [0.25, 0.3) is 0 Å². The second-order valence-corrected chi connectivity index (χ2v) is 8.66. The first-order valence-electron chi connectivity index (χ1n) is 9.98. The van der Waals surface area contributed by atoms with Gasteiger partial charge in [-0.1, -0.05) is 6.58 Å². The molecular weight excluding hydrogens is 441 g/mol. The molecule has 2 rings (SSSR count). The Morgan fingerprint density at radius 1 is 1.09 bits per heavy atom. The Morgan fingerprint density at radius 3 is 2.31 bits per heavy atom. The first kappa shape index (κ1) is 25.6. The van der Waals surface area contributed by atoms with Crippen LogP contribution in [0.1, 0.15) is 31.9 Å². The number of alkyl halides is 3. The molecule has 0 spiro atoms. The predicted molar refractivity (Wildman–Crippen MR) is 119 cm³/mol. The smallest absolute Gasteiger partial charge is 0.416 e. The van der Waals surface area contributed by atoms with Crippen LogP contribution in [0.15, 0.2) is 59.5 Å². The number of rotatable bonds is 10. The molecule has 8 heteroatoms. The summed E-state index contributed by atoms with van der Waals surface area (Å²) in [5, 5.41) is 0. The van der Waals surface area contributed by atoms with E-state index in [-0.39, 0.29) is 13.2 Å². The molecular formula is C24H27F3O4S. The Morgan fingerprint density at radius 2 is 1.75 bits per heavy atom. The lowest BCUT2D eigenvalue weighted by Crippen LogP contribution is -2.39. The van der Waals surface area contributed by atoms with Crippen molar-refractivity contribution in [1.82, 2.24) is 0 Å². The van der Waals surface area contributed by atoms with Crippen LogP contribution in [-0.2, 0) is 15.7 Å². The molecule has 0 amide bonds. The van der Waals surface area contributed by atoms with Gasteiger partial charge in [-0.15, -0.1) is 11.8 Å². The van der Waals surface area contributed by atoms with Gasteiger partial charge in [0.25, 0.3) is 0 Å². The molecule has 0 saturated heterocycles. The van der Waals surface area contributed by atoms with Crippen LogP contribution in [0, 0.1) is 6.92 Å². The Balaban J connectivity index is 1.86. The molecule has 0 aliphatic carbocycles. The Labute approximate surface area is 190 Å². The van der Waals surface area contributed by atoms with Crippen LogP contribution in [0.2, 0.25) is 0 Å². The molecule has 0 aliphatic heterocycles. The first-order valence-corrected chi connectivity index (χ1v) is 11.0. The zero-order valence-electron chi connectivity index (χ0n) is 18.5. The topological polar surface area (TPSA) is 44.8 Å². The molecule has 0 saturated carbocycles. The normalized spacial score (nSPS) is 11.7. The van der Waals surface area contributed by atoms with Crippen molar-refractivity contribution < 1.29 is 32.2 Å². The summed E-state index contributed by atoms with van der Waals surface area (Å²) in [6.07, 6.45) is -4.37. The average Bonchev–Trinajstić information content (AvgIpc) is 2.72. The molecule has 32 heavy (non-hydrogen) atoms. The van der Waals surface area contributed by atoms with Crippen LogP contribution in [0.3, 0.4) is 0 Å². The molecule has 2 aromatic carbocycles. The first-order chi connectivity index (χ1) is 14.9. The Kier molecular flexibility index (Phi) is 8.66. The molecule has 0 atom stereocenters. The number of carbonyl (C=O) groups excluding carboxylic acids is 1. The summed E-state index contributed by atoms with van der Waals surface area (Å²) in [4.78, 5) is 13.0. The van der Waals surface area contributed by atoms with Crippen molar-refractivity contribution in [3.05, 3.63) is 65.7 Å². The van der Waals surface area contributed by atoms with Gasteiger partial charge in [0.15, 0.2) is 5.60 Å². The number of carbonyl (C=O) groups is 1. The minimum atomic E-state index is -4.37. The van der Waals surface area contributed by atoms with Crippen molar-refractivity contribution in [3.63, 3.8) is 0 Å². The van der Waals surface area contributed by atoms with E-state index >= 15 is 0 Å². The fourth-order valence-electron chi connectivity index (χ4n) is 2.60. The van der Waals surface area contributed by atoms with Gasteiger partial charge in [-0.25, -0.2) is 4.79 Å². The summed E-state index contributed by atoms with van der Waals surface area (Å²) < 4.78 is 54.2. The van der Waals surface area contributed by atoms with E-state index in [1.54, 1.807) is 38.6 Å². The van der Waals surface area contributed by atoms with Gasteiger partial charge >= 0.3 is 12.1 Å². The third-order valence-corrected chi connectivity index (χ3v) is 5.49. The summed E-state index contributed by atoms with van der Waals surface area (Å²) in [6.45, 7) is 11.4. The van der Waals surface area contributed by atoms with Gasteiger partial charge in [-0.3, -0.25) is 0 Å². The molecule has 174 valence electrons. The molecule has 2 aromatic rings. The SMILES string of the molecule is C=C(COc1ccc(C(F)(F)F)cc1)CSc1ccc(OC(C)(C)C(=O)OCC)c(C)c1. The monoisotopic (exact) mass is 468 g/mol. The van der Waals surface area contributed by atoms with Crippen molar-refractivity contribution >= 4 is 17.7 Å². The molecule has 0 heterocycles. The Bertz CT molecular complexity index is 937. The van der Waals surface area contributed by atoms with E-state index in [0.717, 1.165) is 28.2 Å². The van der Waals surface area contributed by atoms with Crippen molar-refractivity contribution in [2.24, 2.45) is 0 Å². The van der Waals surface area contributed by atoms with E-state index in [1.165, 1.54) is 12.1 Å². The molecule has 0 radical (unpaired) electrons.